The first-order valence-corrected chi connectivity index (χ1v) is 9.53. The van der Waals surface area contributed by atoms with Crippen LogP contribution in [0.1, 0.15) is 5.56 Å². The van der Waals surface area contributed by atoms with E-state index in [-0.39, 0.29) is 22.9 Å². The summed E-state index contributed by atoms with van der Waals surface area (Å²) in [6, 6.07) is 12.9. The normalized spacial score (nSPS) is 10.8. The van der Waals surface area contributed by atoms with Crippen molar-refractivity contribution < 1.29 is 13.7 Å². The Morgan fingerprint density at radius 3 is 2.60 bits per heavy atom. The molecule has 4 rings (SSSR count). The molecule has 2 aromatic carbocycles. The average Bonchev–Trinajstić information content (AvgIpc) is 3.15. The topological polar surface area (TPSA) is 80.9 Å². The number of halogens is 3. The number of carbonyl (C=O) groups excluding carboxylic acids is 1. The molecule has 6 nitrogen and oxygen atoms in total. The fourth-order valence-corrected chi connectivity index (χ4v) is 3.24. The predicted molar refractivity (Wildman–Crippen MR) is 112 cm³/mol. The van der Waals surface area contributed by atoms with E-state index in [9.17, 15) is 9.18 Å². The van der Waals surface area contributed by atoms with Crippen molar-refractivity contribution in [2.45, 2.75) is 6.42 Å². The van der Waals surface area contributed by atoms with Gasteiger partial charge in [-0.3, -0.25) is 10.1 Å². The molecule has 0 saturated heterocycles. The number of hydrogen-bond donors (Lipinski definition) is 1. The lowest BCUT2D eigenvalue weighted by molar-refractivity contribution is -0.115. The molecule has 1 amide bonds. The first-order valence-electron chi connectivity index (χ1n) is 8.77. The number of amides is 1. The van der Waals surface area contributed by atoms with Crippen molar-refractivity contribution in [3.05, 3.63) is 82.5 Å². The van der Waals surface area contributed by atoms with Crippen molar-refractivity contribution in [1.82, 2.24) is 15.1 Å². The van der Waals surface area contributed by atoms with Crippen molar-refractivity contribution in [3.8, 4) is 22.5 Å². The summed E-state index contributed by atoms with van der Waals surface area (Å²) in [6.07, 6.45) is 2.66. The third-order valence-electron chi connectivity index (χ3n) is 4.30. The van der Waals surface area contributed by atoms with Crippen LogP contribution >= 0.6 is 23.2 Å². The molecule has 1 N–H and O–H groups in total. The highest BCUT2D eigenvalue weighted by Crippen LogP contribution is 2.37. The Balaban J connectivity index is 1.70. The zero-order valence-electron chi connectivity index (χ0n) is 15.3. The molecule has 0 bridgehead atoms. The number of aromatic nitrogens is 3. The highest BCUT2D eigenvalue weighted by molar-refractivity contribution is 6.31. The number of carbonyl (C=O) groups is 1. The largest absolute Gasteiger partial charge is 0.337 e. The molecule has 150 valence electrons. The number of nitrogens with one attached hydrogen (secondary N) is 1. The van der Waals surface area contributed by atoms with E-state index in [0.717, 1.165) is 5.56 Å². The zero-order valence-corrected chi connectivity index (χ0v) is 16.8. The van der Waals surface area contributed by atoms with Gasteiger partial charge in [-0.25, -0.2) is 14.4 Å². The minimum Gasteiger partial charge on any atom is -0.337 e. The third kappa shape index (κ3) is 4.17. The van der Waals surface area contributed by atoms with E-state index in [2.05, 4.69) is 20.4 Å². The SMILES string of the molecule is O=C(Cc1c(F)cccc1Cl)Nc1onc(-c2ccc(Cl)cc2)c1-c1ccncn1. The molecule has 0 aliphatic carbocycles. The molecule has 0 aliphatic heterocycles. The van der Waals surface area contributed by atoms with E-state index in [0.29, 0.717) is 22.0 Å². The van der Waals surface area contributed by atoms with Gasteiger partial charge in [0.2, 0.25) is 11.8 Å². The molecule has 2 aromatic heterocycles. The molecule has 0 unspecified atom stereocenters. The standard InChI is InChI=1S/C21H13Cl2FN4O2/c22-13-6-4-12(5-7-13)20-19(17-8-9-25-11-26-17)21(30-28-20)27-18(29)10-14-15(23)2-1-3-16(14)24/h1-9,11H,10H2,(H,27,29). The Labute approximate surface area is 180 Å². The molecular formula is C21H13Cl2FN4O2. The van der Waals surface area contributed by atoms with Gasteiger partial charge in [-0.05, 0) is 30.3 Å². The first-order chi connectivity index (χ1) is 14.5. The highest BCUT2D eigenvalue weighted by atomic mass is 35.5. The Hall–Kier alpha value is -3.29. The molecule has 0 atom stereocenters. The summed E-state index contributed by atoms with van der Waals surface area (Å²) in [5.41, 5.74) is 2.24. The third-order valence-corrected chi connectivity index (χ3v) is 4.91. The predicted octanol–water partition coefficient (Wildman–Crippen LogP) is 5.43. The van der Waals surface area contributed by atoms with E-state index < -0.39 is 11.7 Å². The van der Waals surface area contributed by atoms with Gasteiger partial charge in [0, 0.05) is 27.4 Å². The maximum absolute atomic E-state index is 14.0. The quantitative estimate of drug-likeness (QED) is 0.445. The average molecular weight is 443 g/mol. The second kappa shape index (κ2) is 8.61. The number of hydrogen-bond acceptors (Lipinski definition) is 5. The van der Waals surface area contributed by atoms with Crippen LogP contribution in [-0.4, -0.2) is 21.0 Å². The van der Waals surface area contributed by atoms with Crippen molar-refractivity contribution in [2.75, 3.05) is 5.32 Å². The van der Waals surface area contributed by atoms with Gasteiger partial charge >= 0.3 is 0 Å². The van der Waals surface area contributed by atoms with Gasteiger partial charge in [-0.2, -0.15) is 0 Å². The Kier molecular flexibility index (Phi) is 5.74. The molecule has 30 heavy (non-hydrogen) atoms. The van der Waals surface area contributed by atoms with Crippen LogP contribution in [0.4, 0.5) is 10.3 Å². The maximum Gasteiger partial charge on any atom is 0.241 e. The van der Waals surface area contributed by atoms with Crippen molar-refractivity contribution in [3.63, 3.8) is 0 Å². The van der Waals surface area contributed by atoms with Crippen LogP contribution in [0, 0.1) is 5.82 Å². The molecule has 2 heterocycles. The summed E-state index contributed by atoms with van der Waals surface area (Å²) >= 11 is 12.0. The molecule has 0 spiro atoms. The van der Waals surface area contributed by atoms with Gasteiger partial charge < -0.3 is 4.52 Å². The van der Waals surface area contributed by atoms with Crippen LogP contribution in [0.5, 0.6) is 0 Å². The molecule has 0 fully saturated rings. The Morgan fingerprint density at radius 1 is 1.10 bits per heavy atom. The summed E-state index contributed by atoms with van der Waals surface area (Å²) in [7, 11) is 0. The molecule has 0 aliphatic rings. The van der Waals surface area contributed by atoms with Crippen LogP contribution in [0.2, 0.25) is 10.0 Å². The van der Waals surface area contributed by atoms with Crippen LogP contribution in [0.15, 0.2) is 65.6 Å². The number of nitrogens with zero attached hydrogens (tertiary/aromatic N) is 3. The van der Waals surface area contributed by atoms with Gasteiger partial charge in [-0.1, -0.05) is 46.6 Å². The minimum absolute atomic E-state index is 0.0797. The lowest BCUT2D eigenvalue weighted by atomic mass is 10.0. The van der Waals surface area contributed by atoms with Crippen molar-refractivity contribution >= 4 is 35.0 Å². The Morgan fingerprint density at radius 2 is 1.90 bits per heavy atom. The second-order valence-corrected chi connectivity index (χ2v) is 7.11. The fourth-order valence-electron chi connectivity index (χ4n) is 2.89. The number of benzene rings is 2. The Bertz CT molecular complexity index is 1180. The monoisotopic (exact) mass is 442 g/mol. The van der Waals surface area contributed by atoms with Gasteiger partial charge in [0.1, 0.15) is 17.8 Å². The first kappa shape index (κ1) is 20.0. The van der Waals surface area contributed by atoms with E-state index >= 15 is 0 Å². The zero-order chi connectivity index (χ0) is 21.1. The van der Waals surface area contributed by atoms with E-state index in [4.69, 9.17) is 27.7 Å². The van der Waals surface area contributed by atoms with Crippen LogP contribution in [0.25, 0.3) is 22.5 Å². The van der Waals surface area contributed by atoms with Crippen molar-refractivity contribution in [1.29, 1.82) is 0 Å². The van der Waals surface area contributed by atoms with Gasteiger partial charge in [0.25, 0.3) is 0 Å². The minimum atomic E-state index is -0.562. The summed E-state index contributed by atoms with van der Waals surface area (Å²) < 4.78 is 19.4. The van der Waals surface area contributed by atoms with Gasteiger partial charge in [0.15, 0.2) is 0 Å². The molecular weight excluding hydrogens is 430 g/mol. The van der Waals surface area contributed by atoms with Crippen molar-refractivity contribution in [2.24, 2.45) is 0 Å². The highest BCUT2D eigenvalue weighted by Gasteiger charge is 2.23. The lowest BCUT2D eigenvalue weighted by Crippen LogP contribution is -2.15. The lowest BCUT2D eigenvalue weighted by Gasteiger charge is -2.07. The summed E-state index contributed by atoms with van der Waals surface area (Å²) in [6.45, 7) is 0. The number of rotatable bonds is 5. The van der Waals surface area contributed by atoms with Gasteiger partial charge in [0.05, 0.1) is 17.7 Å². The molecule has 0 radical (unpaired) electrons. The van der Waals surface area contributed by atoms with E-state index in [1.807, 2.05) is 0 Å². The smallest absolute Gasteiger partial charge is 0.241 e. The van der Waals surface area contributed by atoms with Crippen LogP contribution in [0.3, 0.4) is 0 Å². The molecule has 4 aromatic rings. The van der Waals surface area contributed by atoms with Crippen LogP contribution in [-0.2, 0) is 11.2 Å². The summed E-state index contributed by atoms with van der Waals surface area (Å²) in [5.74, 6) is -1.000. The van der Waals surface area contributed by atoms with E-state index in [1.165, 1.54) is 24.5 Å². The van der Waals surface area contributed by atoms with E-state index in [1.54, 1.807) is 36.5 Å². The van der Waals surface area contributed by atoms with Gasteiger partial charge in [-0.15, -0.1) is 0 Å². The molecule has 9 heteroatoms. The maximum atomic E-state index is 14.0. The van der Waals surface area contributed by atoms with Crippen LogP contribution < -0.4 is 5.32 Å². The summed E-state index contributed by atoms with van der Waals surface area (Å²) in [4.78, 5) is 20.7. The number of anilines is 1. The molecule has 0 saturated carbocycles. The summed E-state index contributed by atoms with van der Waals surface area (Å²) in [5, 5.41) is 7.47. The second-order valence-electron chi connectivity index (χ2n) is 6.26. The fraction of sp³-hybridized carbons (Fsp3) is 0.0476.